The Morgan fingerprint density at radius 1 is 0.625 bits per heavy atom. The van der Waals surface area contributed by atoms with E-state index in [1.54, 1.807) is 0 Å². The Bertz CT molecular complexity index is 890. The minimum absolute atomic E-state index is 0.0398. The smallest absolute Gasteiger partial charge is 0.189 e. The maximum atomic E-state index is 13.0. The minimum Gasteiger partial charge on any atom is -0.298 e. The molecule has 2 aromatic carbocycles. The van der Waals surface area contributed by atoms with E-state index in [0.717, 1.165) is 47.9 Å². The molecule has 170 valence electrons. The summed E-state index contributed by atoms with van der Waals surface area (Å²) >= 11 is 0. The van der Waals surface area contributed by atoms with Crippen molar-refractivity contribution in [3.05, 3.63) is 94.1 Å². The Hall–Kier alpha value is -2.78. The fourth-order valence-corrected chi connectivity index (χ4v) is 3.86. The van der Waals surface area contributed by atoms with Crippen molar-refractivity contribution in [2.24, 2.45) is 0 Å². The van der Waals surface area contributed by atoms with E-state index in [-0.39, 0.29) is 11.6 Å². The second-order valence-electron chi connectivity index (χ2n) is 8.53. The molecule has 0 aliphatic heterocycles. The number of carbonyl (C=O) groups is 2. The third-order valence-corrected chi connectivity index (χ3v) is 5.83. The van der Waals surface area contributed by atoms with Crippen LogP contribution in [0, 0.1) is 0 Å². The highest BCUT2D eigenvalue weighted by Crippen LogP contribution is 2.18. The number of ketones is 2. The molecular weight excluding hydrogens is 394 g/mol. The molecule has 0 unspecified atom stereocenters. The normalized spacial score (nSPS) is 10.9. The van der Waals surface area contributed by atoms with Crippen LogP contribution in [0.2, 0.25) is 0 Å². The van der Waals surface area contributed by atoms with Crippen LogP contribution in [0.15, 0.2) is 60.7 Å². The molecule has 0 amide bonds. The summed E-state index contributed by atoms with van der Waals surface area (Å²) in [6, 6.07) is 12.1. The van der Waals surface area contributed by atoms with Gasteiger partial charge in [0.15, 0.2) is 11.6 Å². The van der Waals surface area contributed by atoms with Crippen molar-refractivity contribution in [1.29, 1.82) is 0 Å². The van der Waals surface area contributed by atoms with Crippen LogP contribution in [0.1, 0.15) is 70.7 Å². The van der Waals surface area contributed by atoms with Crippen molar-refractivity contribution in [2.45, 2.75) is 53.4 Å². The number of carbonyl (C=O) groups excluding carboxylic acids is 2. The molecule has 0 aliphatic carbocycles. The highest BCUT2D eigenvalue weighted by Gasteiger charge is 2.17. The van der Waals surface area contributed by atoms with Gasteiger partial charge in [0.1, 0.15) is 0 Å². The number of hydrogen-bond donors (Lipinski definition) is 0. The van der Waals surface area contributed by atoms with Crippen LogP contribution < -0.4 is 0 Å². The number of aryl methyl sites for hydroxylation is 4. The first-order chi connectivity index (χ1) is 15.2. The zero-order valence-electron chi connectivity index (χ0n) is 20.4. The summed E-state index contributed by atoms with van der Waals surface area (Å²) in [5.74, 6) is -0.0796. The van der Waals surface area contributed by atoms with Crippen LogP contribution in [0.3, 0.4) is 0 Å². The zero-order valence-corrected chi connectivity index (χ0v) is 20.4. The van der Waals surface area contributed by atoms with Gasteiger partial charge in [-0.05, 0) is 79.3 Å². The molecule has 0 fully saturated rings. The van der Waals surface area contributed by atoms with Crippen molar-refractivity contribution in [3.63, 3.8) is 0 Å². The monoisotopic (exact) mass is 431 g/mol. The van der Waals surface area contributed by atoms with E-state index in [1.807, 2.05) is 36.2 Å². The molecule has 0 aliphatic rings. The van der Waals surface area contributed by atoms with Crippen LogP contribution in [0.5, 0.6) is 0 Å². The van der Waals surface area contributed by atoms with Crippen molar-refractivity contribution >= 4 is 11.6 Å². The third-order valence-electron chi connectivity index (χ3n) is 5.83. The van der Waals surface area contributed by atoms with Crippen molar-refractivity contribution in [3.8, 4) is 0 Å². The molecule has 32 heavy (non-hydrogen) atoms. The molecule has 0 N–H and O–H groups in total. The average Bonchev–Trinajstić information content (AvgIpc) is 2.81. The van der Waals surface area contributed by atoms with Gasteiger partial charge in [-0.15, -0.1) is 0 Å². The summed E-state index contributed by atoms with van der Waals surface area (Å²) < 4.78 is 0. The predicted molar refractivity (Wildman–Crippen MR) is 135 cm³/mol. The molecule has 0 heterocycles. The first kappa shape index (κ1) is 25.5. The Labute approximate surface area is 193 Å². The molecule has 0 radical (unpaired) electrons. The summed E-state index contributed by atoms with van der Waals surface area (Å²) in [5, 5.41) is 0. The number of benzene rings is 2. The van der Waals surface area contributed by atoms with Gasteiger partial charge >= 0.3 is 0 Å². The van der Waals surface area contributed by atoms with Crippen molar-refractivity contribution in [1.82, 2.24) is 4.90 Å². The van der Waals surface area contributed by atoms with Crippen molar-refractivity contribution < 1.29 is 9.59 Å². The quantitative estimate of drug-likeness (QED) is 0.303. The summed E-state index contributed by atoms with van der Waals surface area (Å²) in [7, 11) is 1.89. The number of nitrogens with zero attached hydrogens (tertiary/aromatic N) is 1. The lowest BCUT2D eigenvalue weighted by atomic mass is 9.96. The predicted octanol–water partition coefficient (Wildman–Crippen LogP) is 6.05. The van der Waals surface area contributed by atoms with E-state index in [2.05, 4.69) is 53.0 Å². The van der Waals surface area contributed by atoms with E-state index in [0.29, 0.717) is 35.4 Å². The number of rotatable bonds is 12. The maximum Gasteiger partial charge on any atom is 0.189 e. The standard InChI is InChI=1S/C29H37NO2/c1-8-22-12-23(9-2)15-26(14-22)28(31)20(5)18-30(7)19-21(6)29(32)27-16-24(10-3)13-25(11-4)17-27/h12-17H,5-6,8-11,18-19H2,1-4,7H3. The van der Waals surface area contributed by atoms with Gasteiger partial charge < -0.3 is 0 Å². The van der Waals surface area contributed by atoms with Crippen LogP contribution in [-0.2, 0) is 25.7 Å². The molecule has 0 saturated heterocycles. The zero-order chi connectivity index (χ0) is 23.8. The lowest BCUT2D eigenvalue weighted by molar-refractivity contribution is 0.102. The van der Waals surface area contributed by atoms with Gasteiger partial charge in [-0.25, -0.2) is 0 Å². The van der Waals surface area contributed by atoms with Crippen molar-refractivity contribution in [2.75, 3.05) is 20.1 Å². The summed E-state index contributed by atoms with van der Waals surface area (Å²) in [4.78, 5) is 27.9. The molecule has 3 nitrogen and oxygen atoms in total. The molecule has 0 atom stereocenters. The topological polar surface area (TPSA) is 37.4 Å². The van der Waals surface area contributed by atoms with Gasteiger partial charge in [0, 0.05) is 35.4 Å². The molecular formula is C29H37NO2. The van der Waals surface area contributed by atoms with Gasteiger partial charge in [0.05, 0.1) is 0 Å². The fourth-order valence-electron chi connectivity index (χ4n) is 3.86. The minimum atomic E-state index is -0.0398. The lowest BCUT2D eigenvalue weighted by Crippen LogP contribution is -2.27. The summed E-state index contributed by atoms with van der Waals surface area (Å²) in [5.41, 5.74) is 7.06. The van der Waals surface area contributed by atoms with E-state index in [1.165, 1.54) is 0 Å². The van der Waals surface area contributed by atoms with Crippen LogP contribution >= 0.6 is 0 Å². The molecule has 3 heteroatoms. The highest BCUT2D eigenvalue weighted by atomic mass is 16.1. The van der Waals surface area contributed by atoms with Gasteiger partial charge in [0.25, 0.3) is 0 Å². The molecule has 2 aromatic rings. The van der Waals surface area contributed by atoms with E-state index in [9.17, 15) is 9.59 Å². The first-order valence-electron chi connectivity index (χ1n) is 11.6. The van der Waals surface area contributed by atoms with Crippen LogP contribution in [-0.4, -0.2) is 36.6 Å². The first-order valence-corrected chi connectivity index (χ1v) is 11.6. The number of likely N-dealkylation sites (N-methyl/N-ethyl adjacent to an activating group) is 1. The summed E-state index contributed by atoms with van der Waals surface area (Å²) in [6.07, 6.45) is 3.56. The molecule has 0 saturated carbocycles. The second kappa shape index (κ2) is 11.7. The van der Waals surface area contributed by atoms with E-state index >= 15 is 0 Å². The average molecular weight is 432 g/mol. The largest absolute Gasteiger partial charge is 0.298 e. The number of Topliss-reactive ketones (excluding diaryl/α,β-unsaturated/α-hetero) is 2. The maximum absolute atomic E-state index is 13.0. The molecule has 0 spiro atoms. The van der Waals surface area contributed by atoms with Crippen LogP contribution in [0.4, 0.5) is 0 Å². The number of hydrogen-bond acceptors (Lipinski definition) is 3. The van der Waals surface area contributed by atoms with Gasteiger partial charge in [-0.1, -0.05) is 53.0 Å². The lowest BCUT2D eigenvalue weighted by Gasteiger charge is -2.19. The summed E-state index contributed by atoms with van der Waals surface area (Å²) in [6.45, 7) is 17.2. The third kappa shape index (κ3) is 6.61. The Morgan fingerprint density at radius 2 is 0.906 bits per heavy atom. The van der Waals surface area contributed by atoms with Gasteiger partial charge in [-0.3, -0.25) is 14.5 Å². The SMILES string of the molecule is C=C(CN(C)CC(=C)C(=O)c1cc(CC)cc(CC)c1)C(=O)c1cc(CC)cc(CC)c1. The highest BCUT2D eigenvalue weighted by molar-refractivity contribution is 6.09. The molecule has 0 bridgehead atoms. The van der Waals surface area contributed by atoms with Gasteiger partial charge in [0.2, 0.25) is 0 Å². The Balaban J connectivity index is 2.06. The van der Waals surface area contributed by atoms with E-state index in [4.69, 9.17) is 0 Å². The Morgan fingerprint density at radius 3 is 1.16 bits per heavy atom. The second-order valence-corrected chi connectivity index (χ2v) is 8.53. The van der Waals surface area contributed by atoms with E-state index < -0.39 is 0 Å². The van der Waals surface area contributed by atoms with Gasteiger partial charge in [-0.2, -0.15) is 0 Å². The Kier molecular flexibility index (Phi) is 9.34. The fraction of sp³-hybridized carbons (Fsp3) is 0.379. The molecule has 2 rings (SSSR count). The molecule has 0 aromatic heterocycles. The van der Waals surface area contributed by atoms with Crippen LogP contribution in [0.25, 0.3) is 0 Å².